The van der Waals surface area contributed by atoms with Gasteiger partial charge in [0.05, 0.1) is 39.9 Å². The van der Waals surface area contributed by atoms with Crippen molar-refractivity contribution in [1.82, 2.24) is 5.32 Å². The van der Waals surface area contributed by atoms with E-state index in [-0.39, 0.29) is 12.5 Å². The molecule has 1 amide bonds. The molecule has 0 saturated heterocycles. The molecule has 0 bridgehead atoms. The Morgan fingerprint density at radius 3 is 1.33 bits per heavy atom. The molecule has 0 aromatic carbocycles. The first kappa shape index (κ1) is 66.9. The fourth-order valence-corrected chi connectivity index (χ4v) is 8.00. The lowest BCUT2D eigenvalue weighted by molar-refractivity contribution is -0.870. The summed E-state index contributed by atoms with van der Waals surface area (Å²) in [5, 5.41) is 13.8. The van der Waals surface area contributed by atoms with Crippen LogP contribution < -0.4 is 10.2 Å². The van der Waals surface area contributed by atoms with E-state index in [4.69, 9.17) is 9.05 Å². The number of aliphatic hydroxyl groups is 1. The summed E-state index contributed by atoms with van der Waals surface area (Å²) in [5.41, 5.74) is 0. The standard InChI is InChI=1S/C61H105N2O6P/c1-6-8-10-12-14-16-18-20-21-22-23-24-25-26-27-28-29-30-31-32-33-34-35-36-37-38-39-40-41-43-45-47-49-51-53-55-61(65)62-59(58-69-70(66,67)68-57-56-63(3,4)5)60(64)54-52-50-48-46-44-42-19-17-15-13-11-9-7-2/h8,10,14-17,20-21,23-24,26-27,29-30,32-33,44,46,52,54,59-60,64H,6-7,9,11-13,18-19,22,25,28,31,34-43,45,47-51,53,55-58H2,1-5H3,(H-,62,65,66,67)/b10-8-,16-14-,17-15+,21-20-,24-23-,27-26-,30-29-,33-32-,46-44+,54-52+. The van der Waals surface area contributed by atoms with Crippen molar-refractivity contribution in [3.63, 3.8) is 0 Å². The smallest absolute Gasteiger partial charge is 0.268 e. The summed E-state index contributed by atoms with van der Waals surface area (Å²) >= 11 is 0. The van der Waals surface area contributed by atoms with Gasteiger partial charge in [0.15, 0.2) is 0 Å². The zero-order valence-corrected chi connectivity index (χ0v) is 46.3. The van der Waals surface area contributed by atoms with Crippen LogP contribution in [0, 0.1) is 0 Å². The number of quaternary nitrogens is 1. The highest BCUT2D eigenvalue weighted by Crippen LogP contribution is 2.38. The quantitative estimate of drug-likeness (QED) is 0.0272. The molecular formula is C61H105N2O6P. The second kappa shape index (κ2) is 50.8. The van der Waals surface area contributed by atoms with Crippen molar-refractivity contribution >= 4 is 13.7 Å². The lowest BCUT2D eigenvalue weighted by atomic mass is 10.0. The van der Waals surface area contributed by atoms with Gasteiger partial charge in [-0.2, -0.15) is 0 Å². The van der Waals surface area contributed by atoms with E-state index in [9.17, 15) is 19.4 Å². The van der Waals surface area contributed by atoms with Gasteiger partial charge in [0.25, 0.3) is 7.82 Å². The summed E-state index contributed by atoms with van der Waals surface area (Å²) in [4.78, 5) is 25.4. The molecule has 0 radical (unpaired) electrons. The Hall–Kier alpha value is -3.10. The van der Waals surface area contributed by atoms with Gasteiger partial charge in [0.1, 0.15) is 13.2 Å². The predicted molar refractivity (Wildman–Crippen MR) is 302 cm³/mol. The Balaban J connectivity index is 4.13. The Morgan fingerprint density at radius 2 is 0.886 bits per heavy atom. The largest absolute Gasteiger partial charge is 0.756 e. The summed E-state index contributed by atoms with van der Waals surface area (Å²) in [7, 11) is 1.22. The van der Waals surface area contributed by atoms with Gasteiger partial charge in [-0.25, -0.2) is 0 Å². The van der Waals surface area contributed by atoms with Crippen LogP contribution in [0.1, 0.15) is 206 Å². The number of likely N-dealkylation sites (N-methyl/N-ethyl adjacent to an activating group) is 1. The number of hydrogen-bond acceptors (Lipinski definition) is 6. The van der Waals surface area contributed by atoms with Crippen molar-refractivity contribution in [2.45, 2.75) is 219 Å². The molecule has 0 heterocycles. The molecule has 70 heavy (non-hydrogen) atoms. The van der Waals surface area contributed by atoms with Crippen molar-refractivity contribution in [3.05, 3.63) is 122 Å². The maximum atomic E-state index is 12.9. The summed E-state index contributed by atoms with van der Waals surface area (Å²) in [5.74, 6) is -0.219. The molecule has 0 aliphatic heterocycles. The number of phosphoric acid groups is 1. The van der Waals surface area contributed by atoms with E-state index in [1.54, 1.807) is 6.08 Å². The second-order valence-corrected chi connectivity index (χ2v) is 20.9. The lowest BCUT2D eigenvalue weighted by Gasteiger charge is -2.29. The number of aliphatic hydroxyl groups excluding tert-OH is 1. The predicted octanol–water partition coefficient (Wildman–Crippen LogP) is 16.3. The van der Waals surface area contributed by atoms with Gasteiger partial charge in [0, 0.05) is 6.42 Å². The molecule has 0 aliphatic carbocycles. The van der Waals surface area contributed by atoms with Crippen LogP contribution in [-0.2, 0) is 18.4 Å². The Bertz CT molecular complexity index is 1550. The zero-order valence-electron chi connectivity index (χ0n) is 45.4. The lowest BCUT2D eigenvalue weighted by Crippen LogP contribution is -2.45. The molecule has 3 atom stereocenters. The van der Waals surface area contributed by atoms with E-state index in [0.717, 1.165) is 96.3 Å². The molecule has 0 spiro atoms. The first-order chi connectivity index (χ1) is 34.0. The van der Waals surface area contributed by atoms with Gasteiger partial charge in [-0.15, -0.1) is 0 Å². The Kier molecular flexibility index (Phi) is 48.6. The molecule has 400 valence electrons. The third-order valence-corrected chi connectivity index (χ3v) is 12.6. The molecule has 0 aromatic rings. The average molecular weight is 993 g/mol. The van der Waals surface area contributed by atoms with Gasteiger partial charge in [-0.1, -0.05) is 219 Å². The molecule has 2 N–H and O–H groups in total. The molecule has 0 rings (SSSR count). The third-order valence-electron chi connectivity index (χ3n) is 11.6. The number of nitrogens with zero attached hydrogens (tertiary/aromatic N) is 1. The molecular weight excluding hydrogens is 888 g/mol. The second-order valence-electron chi connectivity index (χ2n) is 19.5. The van der Waals surface area contributed by atoms with Crippen LogP contribution in [0.25, 0.3) is 0 Å². The van der Waals surface area contributed by atoms with Crippen LogP contribution in [-0.4, -0.2) is 68.5 Å². The minimum atomic E-state index is -4.61. The van der Waals surface area contributed by atoms with Crippen LogP contribution in [0.5, 0.6) is 0 Å². The number of carbonyl (C=O) groups is 1. The summed E-state index contributed by atoms with van der Waals surface area (Å²) in [6.07, 6.45) is 75.7. The summed E-state index contributed by atoms with van der Waals surface area (Å²) in [6, 6.07) is -0.917. The summed E-state index contributed by atoms with van der Waals surface area (Å²) in [6.45, 7) is 4.45. The number of allylic oxidation sites excluding steroid dienone is 19. The van der Waals surface area contributed by atoms with Gasteiger partial charge in [-0.05, 0) is 103 Å². The van der Waals surface area contributed by atoms with E-state index in [1.807, 2.05) is 27.2 Å². The van der Waals surface area contributed by atoms with Crippen molar-refractivity contribution in [3.8, 4) is 0 Å². The maximum absolute atomic E-state index is 12.9. The first-order valence-corrected chi connectivity index (χ1v) is 29.4. The number of nitrogens with one attached hydrogen (secondary N) is 1. The van der Waals surface area contributed by atoms with Crippen molar-refractivity contribution in [2.24, 2.45) is 0 Å². The highest BCUT2D eigenvalue weighted by molar-refractivity contribution is 7.45. The third kappa shape index (κ3) is 52.7. The fraction of sp³-hybridized carbons (Fsp3) is 0.656. The van der Waals surface area contributed by atoms with E-state index in [2.05, 4.69) is 129 Å². The Labute approximate surface area is 431 Å². The van der Waals surface area contributed by atoms with Gasteiger partial charge in [0.2, 0.25) is 5.91 Å². The number of rotatable bonds is 49. The molecule has 0 saturated carbocycles. The van der Waals surface area contributed by atoms with E-state index >= 15 is 0 Å². The number of phosphoric ester groups is 1. The highest BCUT2D eigenvalue weighted by Gasteiger charge is 2.23. The van der Waals surface area contributed by atoms with Crippen LogP contribution in [0.4, 0.5) is 0 Å². The molecule has 8 nitrogen and oxygen atoms in total. The fourth-order valence-electron chi connectivity index (χ4n) is 7.28. The molecule has 0 aliphatic rings. The average Bonchev–Trinajstić information content (AvgIpc) is 3.32. The van der Waals surface area contributed by atoms with E-state index in [0.29, 0.717) is 17.4 Å². The molecule has 0 aromatic heterocycles. The van der Waals surface area contributed by atoms with Gasteiger partial charge >= 0.3 is 0 Å². The van der Waals surface area contributed by atoms with Crippen LogP contribution in [0.15, 0.2) is 122 Å². The van der Waals surface area contributed by atoms with Gasteiger partial charge < -0.3 is 28.8 Å². The maximum Gasteiger partial charge on any atom is 0.268 e. The summed E-state index contributed by atoms with van der Waals surface area (Å²) < 4.78 is 23.2. The minimum Gasteiger partial charge on any atom is -0.756 e. The molecule has 3 unspecified atom stereocenters. The Morgan fingerprint density at radius 1 is 0.514 bits per heavy atom. The normalized spacial score (nSPS) is 14.9. The number of unbranched alkanes of at least 4 members (excludes halogenated alkanes) is 18. The first-order valence-electron chi connectivity index (χ1n) is 27.9. The number of hydrogen-bond donors (Lipinski definition) is 2. The van der Waals surface area contributed by atoms with Crippen molar-refractivity contribution < 1.29 is 32.9 Å². The van der Waals surface area contributed by atoms with E-state index < -0.39 is 26.6 Å². The monoisotopic (exact) mass is 993 g/mol. The van der Waals surface area contributed by atoms with Gasteiger partial charge in [-0.3, -0.25) is 9.36 Å². The topological polar surface area (TPSA) is 108 Å². The molecule has 0 fully saturated rings. The SMILES string of the molecule is CC/C=C\C/C=C\C/C=C\C/C=C\C/C=C\C/C=C\C/C=C\CCCCCCCCCCCCCCCC(=O)NC(COP(=O)([O-])OCC[N+](C)(C)C)C(O)/C=C/CC/C=C/CC/C=C/CCCCC. The van der Waals surface area contributed by atoms with Crippen LogP contribution in [0.2, 0.25) is 0 Å². The minimum absolute atomic E-state index is 0.0146. The van der Waals surface area contributed by atoms with Crippen LogP contribution >= 0.6 is 7.82 Å². The number of carbonyl (C=O) groups excluding carboxylic acids is 1. The highest BCUT2D eigenvalue weighted by atomic mass is 31.2. The zero-order chi connectivity index (χ0) is 51.3. The van der Waals surface area contributed by atoms with Crippen LogP contribution in [0.3, 0.4) is 0 Å². The van der Waals surface area contributed by atoms with Crippen molar-refractivity contribution in [2.75, 3.05) is 40.9 Å². The van der Waals surface area contributed by atoms with Crippen molar-refractivity contribution in [1.29, 1.82) is 0 Å². The van der Waals surface area contributed by atoms with E-state index in [1.165, 1.54) is 89.9 Å². The molecule has 9 heteroatoms. The number of amides is 1.